The number of carbonyl (C=O) groups excluding carboxylic acids is 3. The molecule has 1 aliphatic carbocycles. The minimum atomic E-state index is -1.26. The molecule has 0 spiro atoms. The molecule has 13 heteroatoms. The van der Waals surface area contributed by atoms with Crippen molar-refractivity contribution in [2.24, 2.45) is 11.1 Å². The first-order valence-corrected chi connectivity index (χ1v) is 12.8. The molecule has 2 aromatic heterocycles. The molecule has 1 fully saturated rings. The molecule has 5 N–H and O–H groups in total. The molecule has 210 valence electrons. The van der Waals surface area contributed by atoms with E-state index in [1.54, 1.807) is 6.07 Å². The van der Waals surface area contributed by atoms with E-state index in [1.807, 2.05) is 0 Å². The number of hydrogen-bond acceptors (Lipinski definition) is 8. The molecule has 2 heterocycles. The number of nitrogens with one attached hydrogen (secondary N) is 2. The molecule has 11 nitrogen and oxygen atoms in total. The molecule has 0 radical (unpaired) electrons. The standard InChI is InChI=1S/C28H23ClFN5O6/c29-20-11-17(35-27(39)28(6-7-28)26(38)34-16-3-1-15(30)2-4-16)14-33-25(20)41-22-5-8-32-21-13-23(40-10-9-36)19(24(31)37)12-18(21)22/h1-5,8,11-14,36H,6-7,9-10H2,(H2,31,37)(H,34,38)(H,35,39). The zero-order chi connectivity index (χ0) is 29.1. The summed E-state index contributed by atoms with van der Waals surface area (Å²) < 4.78 is 24.5. The highest BCUT2D eigenvalue weighted by atomic mass is 35.5. The van der Waals surface area contributed by atoms with Gasteiger partial charge >= 0.3 is 0 Å². The quantitative estimate of drug-likeness (QED) is 0.204. The SMILES string of the molecule is NC(=O)c1cc2c(Oc3ncc(NC(=O)C4(C(=O)Nc5ccc(F)cc5)CC4)cc3Cl)ccnc2cc1OCCO. The Morgan fingerprint density at radius 1 is 1.00 bits per heavy atom. The number of nitrogens with two attached hydrogens (primary N) is 1. The van der Waals surface area contributed by atoms with Crippen LogP contribution in [0.2, 0.25) is 5.02 Å². The maximum Gasteiger partial charge on any atom is 0.252 e. The molecule has 4 aromatic rings. The lowest BCUT2D eigenvalue weighted by Crippen LogP contribution is -2.35. The van der Waals surface area contributed by atoms with Crippen molar-refractivity contribution in [1.29, 1.82) is 0 Å². The van der Waals surface area contributed by atoms with Gasteiger partial charge in [0.2, 0.25) is 17.7 Å². The Morgan fingerprint density at radius 2 is 1.71 bits per heavy atom. The normalized spacial score (nSPS) is 13.3. The number of rotatable bonds is 10. The average molecular weight is 580 g/mol. The van der Waals surface area contributed by atoms with Gasteiger partial charge < -0.3 is 30.9 Å². The summed E-state index contributed by atoms with van der Waals surface area (Å²) in [7, 11) is 0. The van der Waals surface area contributed by atoms with Gasteiger partial charge in [-0.05, 0) is 55.3 Å². The lowest BCUT2D eigenvalue weighted by molar-refractivity contribution is -0.131. The van der Waals surface area contributed by atoms with Crippen LogP contribution in [-0.4, -0.2) is 46.0 Å². The first-order valence-electron chi connectivity index (χ1n) is 12.4. The molecular formula is C28H23ClFN5O6. The van der Waals surface area contributed by atoms with Gasteiger partial charge in [-0.15, -0.1) is 0 Å². The van der Waals surface area contributed by atoms with Gasteiger partial charge in [-0.1, -0.05) is 11.6 Å². The Labute approximate surface area is 237 Å². The molecule has 1 aliphatic rings. The van der Waals surface area contributed by atoms with Crippen molar-refractivity contribution >= 4 is 51.6 Å². The van der Waals surface area contributed by atoms with Crippen LogP contribution in [0.1, 0.15) is 23.2 Å². The molecule has 0 bridgehead atoms. The number of aromatic nitrogens is 2. The summed E-state index contributed by atoms with van der Waals surface area (Å²) in [5, 5.41) is 14.9. The minimum absolute atomic E-state index is 0.00795. The smallest absolute Gasteiger partial charge is 0.252 e. The zero-order valence-electron chi connectivity index (χ0n) is 21.3. The number of anilines is 2. The van der Waals surface area contributed by atoms with Gasteiger partial charge in [0.25, 0.3) is 5.91 Å². The Bertz CT molecular complexity index is 1660. The highest BCUT2D eigenvalue weighted by Gasteiger charge is 2.56. The fourth-order valence-corrected chi connectivity index (χ4v) is 4.30. The number of aliphatic hydroxyl groups is 1. The maximum absolute atomic E-state index is 13.2. The molecule has 0 atom stereocenters. The van der Waals surface area contributed by atoms with Crippen LogP contribution in [0, 0.1) is 11.2 Å². The van der Waals surface area contributed by atoms with Gasteiger partial charge in [-0.2, -0.15) is 0 Å². The van der Waals surface area contributed by atoms with Crippen molar-refractivity contribution in [3.05, 3.63) is 77.3 Å². The second-order valence-corrected chi connectivity index (χ2v) is 9.63. The summed E-state index contributed by atoms with van der Waals surface area (Å²) in [5.74, 6) is -1.76. The van der Waals surface area contributed by atoms with Crippen molar-refractivity contribution in [2.75, 3.05) is 23.8 Å². The van der Waals surface area contributed by atoms with E-state index in [4.69, 9.17) is 31.9 Å². The third kappa shape index (κ3) is 5.88. The highest BCUT2D eigenvalue weighted by Crippen LogP contribution is 2.47. The first-order chi connectivity index (χ1) is 19.7. The number of hydrogen-bond donors (Lipinski definition) is 4. The van der Waals surface area contributed by atoms with E-state index >= 15 is 0 Å². The largest absolute Gasteiger partial charge is 0.490 e. The maximum atomic E-state index is 13.2. The Hall–Kier alpha value is -4.81. The van der Waals surface area contributed by atoms with E-state index in [0.29, 0.717) is 29.4 Å². The number of halogens is 2. The number of amides is 3. The zero-order valence-corrected chi connectivity index (χ0v) is 22.1. The lowest BCUT2D eigenvalue weighted by atomic mass is 10.0. The first kappa shape index (κ1) is 27.7. The topological polar surface area (TPSA) is 166 Å². The number of ether oxygens (including phenoxy) is 2. The van der Waals surface area contributed by atoms with Gasteiger partial charge in [0.15, 0.2) is 0 Å². The Morgan fingerprint density at radius 3 is 2.34 bits per heavy atom. The Balaban J connectivity index is 1.32. The van der Waals surface area contributed by atoms with E-state index in [2.05, 4.69) is 20.6 Å². The van der Waals surface area contributed by atoms with Crippen molar-refractivity contribution in [1.82, 2.24) is 9.97 Å². The fourth-order valence-electron chi connectivity index (χ4n) is 4.09. The van der Waals surface area contributed by atoms with Gasteiger partial charge in [0.05, 0.1) is 29.6 Å². The summed E-state index contributed by atoms with van der Waals surface area (Å²) in [5.41, 5.74) is 5.36. The average Bonchev–Trinajstić information content (AvgIpc) is 3.77. The molecule has 3 amide bonds. The molecule has 1 saturated carbocycles. The summed E-state index contributed by atoms with van der Waals surface area (Å²) in [6.45, 7) is -0.290. The monoisotopic (exact) mass is 579 g/mol. The van der Waals surface area contributed by atoms with E-state index in [9.17, 15) is 18.8 Å². The van der Waals surface area contributed by atoms with Gasteiger partial charge in [-0.25, -0.2) is 9.37 Å². The third-order valence-electron chi connectivity index (χ3n) is 6.41. The predicted molar refractivity (Wildman–Crippen MR) is 147 cm³/mol. The molecular weight excluding hydrogens is 557 g/mol. The number of fused-ring (bicyclic) bond motifs is 1. The summed E-state index contributed by atoms with van der Waals surface area (Å²) in [6, 6.07) is 11.2. The Kier molecular flexibility index (Phi) is 7.68. The van der Waals surface area contributed by atoms with Crippen LogP contribution in [-0.2, 0) is 9.59 Å². The van der Waals surface area contributed by atoms with Crippen molar-refractivity contribution in [3.8, 4) is 17.4 Å². The summed E-state index contributed by atoms with van der Waals surface area (Å²) >= 11 is 6.41. The van der Waals surface area contributed by atoms with Crippen LogP contribution in [0.15, 0.2) is 60.9 Å². The van der Waals surface area contributed by atoms with Crippen molar-refractivity contribution < 1.29 is 33.4 Å². The summed E-state index contributed by atoms with van der Waals surface area (Å²) in [4.78, 5) is 46.3. The van der Waals surface area contributed by atoms with Gasteiger partial charge in [0, 0.05) is 23.3 Å². The highest BCUT2D eigenvalue weighted by molar-refractivity contribution is 6.32. The molecule has 0 saturated heterocycles. The van der Waals surface area contributed by atoms with E-state index in [0.717, 1.165) is 0 Å². The van der Waals surface area contributed by atoms with Crippen molar-refractivity contribution in [3.63, 3.8) is 0 Å². The van der Waals surface area contributed by atoms with Gasteiger partial charge in [-0.3, -0.25) is 19.4 Å². The molecule has 0 aliphatic heterocycles. The number of pyridine rings is 2. The van der Waals surface area contributed by atoms with E-state index in [1.165, 1.54) is 54.9 Å². The van der Waals surface area contributed by atoms with Crippen LogP contribution in [0.4, 0.5) is 15.8 Å². The molecule has 0 unspecified atom stereocenters. The van der Waals surface area contributed by atoms with Crippen LogP contribution in [0.25, 0.3) is 10.9 Å². The third-order valence-corrected chi connectivity index (χ3v) is 6.68. The molecule has 5 rings (SSSR count). The van der Waals surface area contributed by atoms with Crippen LogP contribution >= 0.6 is 11.6 Å². The predicted octanol–water partition coefficient (Wildman–Crippen LogP) is 4.04. The lowest BCUT2D eigenvalue weighted by Gasteiger charge is -2.16. The number of benzene rings is 2. The van der Waals surface area contributed by atoms with Gasteiger partial charge in [0.1, 0.15) is 34.4 Å². The van der Waals surface area contributed by atoms with Crippen LogP contribution < -0.4 is 25.8 Å². The summed E-state index contributed by atoms with van der Waals surface area (Å²) in [6.07, 6.45) is 3.50. The van der Waals surface area contributed by atoms with E-state index in [-0.39, 0.29) is 46.9 Å². The van der Waals surface area contributed by atoms with E-state index < -0.39 is 29.0 Å². The number of nitrogens with zero attached hydrogens (tertiary/aromatic N) is 2. The molecule has 41 heavy (non-hydrogen) atoms. The minimum Gasteiger partial charge on any atom is -0.490 e. The van der Waals surface area contributed by atoms with Crippen LogP contribution in [0.5, 0.6) is 17.4 Å². The second kappa shape index (κ2) is 11.4. The van der Waals surface area contributed by atoms with Crippen molar-refractivity contribution in [2.45, 2.75) is 12.8 Å². The number of primary amides is 1. The number of aliphatic hydroxyl groups excluding tert-OH is 1. The fraction of sp³-hybridized carbons (Fsp3) is 0.179. The number of carbonyl (C=O) groups is 3. The second-order valence-electron chi connectivity index (χ2n) is 9.22. The molecule has 2 aromatic carbocycles. The van der Waals surface area contributed by atoms with Crippen LogP contribution in [0.3, 0.4) is 0 Å².